The number of carbonyl (C=O) groups is 1. The second kappa shape index (κ2) is 5.72. The van der Waals surface area contributed by atoms with Crippen LogP contribution in [0.15, 0.2) is 48.5 Å². The molecule has 0 bridgehead atoms. The molecule has 2 aromatic carbocycles. The molecule has 0 aromatic heterocycles. The molecule has 0 aliphatic heterocycles. The van der Waals surface area contributed by atoms with Crippen LogP contribution in [-0.2, 0) is 9.53 Å². The minimum absolute atomic E-state index is 0.283. The Kier molecular flexibility index (Phi) is 3.87. The molecule has 3 N–H and O–H groups in total. The summed E-state index contributed by atoms with van der Waals surface area (Å²) in [5, 5.41) is 9.98. The molecule has 0 heterocycles. The molecule has 0 unspecified atom stereocenters. The van der Waals surface area contributed by atoms with Crippen LogP contribution >= 0.6 is 0 Å². The fourth-order valence-corrected chi connectivity index (χ4v) is 2.52. The highest BCUT2D eigenvalue weighted by Gasteiger charge is 2.56. The Morgan fingerprint density at radius 1 is 1.22 bits per heavy atom. The first kappa shape index (κ1) is 15.6. The average Bonchev–Trinajstić information content (AvgIpc) is 3.21. The van der Waals surface area contributed by atoms with E-state index >= 15 is 0 Å². The van der Waals surface area contributed by atoms with Crippen LogP contribution in [0.4, 0.5) is 8.78 Å². The predicted octanol–water partition coefficient (Wildman–Crippen LogP) is 2.38. The van der Waals surface area contributed by atoms with E-state index in [9.17, 15) is 18.7 Å². The molecule has 0 spiro atoms. The molecule has 0 amide bonds. The second-order valence-corrected chi connectivity index (χ2v) is 5.62. The lowest BCUT2D eigenvalue weighted by atomic mass is 10.1. The van der Waals surface area contributed by atoms with Crippen molar-refractivity contribution in [2.75, 3.05) is 0 Å². The van der Waals surface area contributed by atoms with Gasteiger partial charge in [0.15, 0.2) is 23.5 Å². The Bertz CT molecular complexity index is 738. The summed E-state index contributed by atoms with van der Waals surface area (Å²) in [6, 6.07) is 11.8. The topological polar surface area (TPSA) is 72.5 Å². The van der Waals surface area contributed by atoms with E-state index < -0.39 is 35.4 Å². The van der Waals surface area contributed by atoms with E-state index in [0.717, 1.165) is 12.1 Å². The van der Waals surface area contributed by atoms with Gasteiger partial charge in [0.05, 0.1) is 0 Å². The van der Waals surface area contributed by atoms with Crippen molar-refractivity contribution in [1.82, 2.24) is 0 Å². The summed E-state index contributed by atoms with van der Waals surface area (Å²) < 4.78 is 31.4. The minimum atomic E-state index is -1.44. The van der Waals surface area contributed by atoms with Gasteiger partial charge >= 0.3 is 5.97 Å². The minimum Gasteiger partial charge on any atom is -0.441 e. The Hall–Kier alpha value is -2.31. The molecular formula is C17H15F2NO3. The molecule has 1 aliphatic rings. The molecule has 3 atom stereocenters. The van der Waals surface area contributed by atoms with Gasteiger partial charge in [0.25, 0.3) is 0 Å². The van der Waals surface area contributed by atoms with E-state index in [0.29, 0.717) is 11.1 Å². The summed E-state index contributed by atoms with van der Waals surface area (Å²) in [5.41, 5.74) is 5.50. The van der Waals surface area contributed by atoms with Crippen molar-refractivity contribution in [3.8, 4) is 0 Å². The van der Waals surface area contributed by atoms with Crippen LogP contribution in [0.5, 0.6) is 0 Å². The largest absolute Gasteiger partial charge is 0.441 e. The van der Waals surface area contributed by atoms with Crippen LogP contribution < -0.4 is 5.73 Å². The van der Waals surface area contributed by atoms with Crippen molar-refractivity contribution < 1.29 is 23.4 Å². The molecule has 23 heavy (non-hydrogen) atoms. The molecule has 6 heteroatoms. The van der Waals surface area contributed by atoms with Gasteiger partial charge in [-0.05, 0) is 23.3 Å². The van der Waals surface area contributed by atoms with Gasteiger partial charge in [0.1, 0.15) is 0 Å². The van der Waals surface area contributed by atoms with Crippen molar-refractivity contribution in [2.24, 2.45) is 5.73 Å². The molecule has 0 radical (unpaired) electrons. The first-order valence-electron chi connectivity index (χ1n) is 7.10. The number of nitrogens with two attached hydrogens (primary N) is 1. The van der Waals surface area contributed by atoms with E-state index in [4.69, 9.17) is 10.5 Å². The molecule has 1 saturated carbocycles. The third-order valence-electron chi connectivity index (χ3n) is 3.93. The summed E-state index contributed by atoms with van der Waals surface area (Å²) in [4.78, 5) is 12.0. The normalized spacial score (nSPS) is 24.1. The second-order valence-electron chi connectivity index (χ2n) is 5.62. The number of carbonyl (C=O) groups excluding carboxylic acids is 1. The lowest BCUT2D eigenvalue weighted by Crippen LogP contribution is -2.33. The molecule has 4 nitrogen and oxygen atoms in total. The third-order valence-corrected chi connectivity index (χ3v) is 3.93. The first-order chi connectivity index (χ1) is 10.9. The van der Waals surface area contributed by atoms with E-state index in [-0.39, 0.29) is 6.42 Å². The fraction of sp³-hybridized carbons (Fsp3) is 0.235. The molecule has 1 aliphatic carbocycles. The lowest BCUT2D eigenvalue weighted by molar-refractivity contribution is -0.161. The van der Waals surface area contributed by atoms with Gasteiger partial charge in [-0.25, -0.2) is 13.6 Å². The number of ether oxygens (including phenoxy) is 1. The van der Waals surface area contributed by atoms with Gasteiger partial charge in [0, 0.05) is 12.3 Å². The van der Waals surface area contributed by atoms with Gasteiger partial charge in [-0.1, -0.05) is 36.4 Å². The van der Waals surface area contributed by atoms with Crippen LogP contribution in [0.25, 0.3) is 0 Å². The Labute approximate surface area is 131 Å². The zero-order chi connectivity index (χ0) is 16.6. The number of rotatable bonds is 4. The summed E-state index contributed by atoms with van der Waals surface area (Å²) in [6.07, 6.45) is -1.16. The average molecular weight is 319 g/mol. The number of hydrogen-bond donors (Lipinski definition) is 2. The quantitative estimate of drug-likeness (QED) is 0.670. The highest BCUT2D eigenvalue weighted by atomic mass is 19.2. The third kappa shape index (κ3) is 3.09. The molecule has 1 fully saturated rings. The molecule has 3 rings (SSSR count). The number of esters is 1. The van der Waals surface area contributed by atoms with E-state index in [1.807, 2.05) is 0 Å². The first-order valence-corrected chi connectivity index (χ1v) is 7.10. The van der Waals surface area contributed by atoms with Crippen molar-refractivity contribution in [3.05, 3.63) is 71.3 Å². The SMILES string of the molecule is N[C@@]1(OC(=O)[C@H](O)c2ccccc2)C[C@H]1c1ccc(F)c(F)c1. The molecular weight excluding hydrogens is 304 g/mol. The van der Waals surface area contributed by atoms with Gasteiger partial charge < -0.3 is 9.84 Å². The summed E-state index contributed by atoms with van der Waals surface area (Å²) in [7, 11) is 0. The zero-order valence-electron chi connectivity index (χ0n) is 12.1. The van der Waals surface area contributed by atoms with Crippen LogP contribution in [-0.4, -0.2) is 16.8 Å². The van der Waals surface area contributed by atoms with Crippen molar-refractivity contribution in [2.45, 2.75) is 24.2 Å². The smallest absolute Gasteiger partial charge is 0.341 e. The Balaban J connectivity index is 1.69. The highest BCUT2D eigenvalue weighted by Crippen LogP contribution is 2.50. The Morgan fingerprint density at radius 3 is 2.57 bits per heavy atom. The summed E-state index contributed by atoms with van der Waals surface area (Å²) in [6.45, 7) is 0. The summed E-state index contributed by atoms with van der Waals surface area (Å²) >= 11 is 0. The van der Waals surface area contributed by atoms with E-state index in [1.165, 1.54) is 6.07 Å². The maximum atomic E-state index is 13.3. The standard InChI is InChI=1S/C17H15F2NO3/c18-13-7-6-11(8-14(13)19)12-9-17(12,20)23-16(22)15(21)10-4-2-1-3-5-10/h1-8,12,15,21H,9,20H2/t12-,15+,17+/m0/s1. The van der Waals surface area contributed by atoms with Gasteiger partial charge in [-0.15, -0.1) is 0 Å². The highest BCUT2D eigenvalue weighted by molar-refractivity contribution is 5.77. The summed E-state index contributed by atoms with van der Waals surface area (Å²) in [5.74, 6) is -3.23. The fourth-order valence-electron chi connectivity index (χ4n) is 2.52. The predicted molar refractivity (Wildman–Crippen MR) is 78.1 cm³/mol. The molecule has 0 saturated heterocycles. The monoisotopic (exact) mass is 319 g/mol. The van der Waals surface area contributed by atoms with E-state index in [1.54, 1.807) is 30.3 Å². The van der Waals surface area contributed by atoms with Crippen molar-refractivity contribution >= 4 is 5.97 Å². The lowest BCUT2D eigenvalue weighted by Gasteiger charge is -2.17. The molecule has 120 valence electrons. The number of hydrogen-bond acceptors (Lipinski definition) is 4. The number of halogens is 2. The van der Waals surface area contributed by atoms with Crippen LogP contribution in [0.2, 0.25) is 0 Å². The van der Waals surface area contributed by atoms with Crippen molar-refractivity contribution in [1.29, 1.82) is 0 Å². The van der Waals surface area contributed by atoms with Gasteiger partial charge in [0.2, 0.25) is 0 Å². The molecule has 2 aromatic rings. The number of aliphatic hydroxyl groups excluding tert-OH is 1. The zero-order valence-corrected chi connectivity index (χ0v) is 12.1. The van der Waals surface area contributed by atoms with Gasteiger partial charge in [-0.3, -0.25) is 5.73 Å². The Morgan fingerprint density at radius 2 is 1.91 bits per heavy atom. The van der Waals surface area contributed by atoms with Gasteiger partial charge in [-0.2, -0.15) is 0 Å². The maximum absolute atomic E-state index is 13.3. The van der Waals surface area contributed by atoms with Crippen LogP contribution in [0.1, 0.15) is 29.6 Å². The number of benzene rings is 2. The van der Waals surface area contributed by atoms with E-state index in [2.05, 4.69) is 0 Å². The van der Waals surface area contributed by atoms with Crippen molar-refractivity contribution in [3.63, 3.8) is 0 Å². The van der Waals surface area contributed by atoms with Crippen LogP contribution in [0.3, 0.4) is 0 Å². The van der Waals surface area contributed by atoms with Crippen LogP contribution in [0, 0.1) is 11.6 Å². The number of aliphatic hydroxyl groups is 1. The maximum Gasteiger partial charge on any atom is 0.341 e.